The van der Waals surface area contributed by atoms with E-state index in [1.807, 2.05) is 30.3 Å². The van der Waals surface area contributed by atoms with Gasteiger partial charge in [0.2, 0.25) is 5.91 Å². The summed E-state index contributed by atoms with van der Waals surface area (Å²) in [7, 11) is 0. The summed E-state index contributed by atoms with van der Waals surface area (Å²) in [5.41, 5.74) is 7.89. The van der Waals surface area contributed by atoms with Gasteiger partial charge in [0.15, 0.2) is 0 Å². The summed E-state index contributed by atoms with van der Waals surface area (Å²) in [4.78, 5) is 11.1. The number of hydrogen-bond acceptors (Lipinski definition) is 3. The third-order valence-electron chi connectivity index (χ3n) is 3.47. The summed E-state index contributed by atoms with van der Waals surface area (Å²) in [6, 6.07) is 15.5. The Kier molecular flexibility index (Phi) is 3.29. The third-order valence-corrected chi connectivity index (χ3v) is 3.47. The molecule has 1 aliphatic rings. The minimum Gasteiger partial charge on any atom is -0.493 e. The molecule has 1 unspecified atom stereocenters. The number of rotatable bonds is 3. The van der Waals surface area contributed by atoms with Gasteiger partial charge in [-0.1, -0.05) is 18.2 Å². The van der Waals surface area contributed by atoms with Gasteiger partial charge < -0.3 is 15.8 Å². The second kappa shape index (κ2) is 5.25. The standard InChI is InChI=1S/C16H16N2O2/c17-16(19)11-5-7-12(8-6-11)18-14-9-10-20-15-4-2-1-3-13(14)15/h1-8,14,18H,9-10H2,(H2,17,19). The van der Waals surface area contributed by atoms with Crippen molar-refractivity contribution in [3.63, 3.8) is 0 Å². The first-order chi connectivity index (χ1) is 9.74. The smallest absolute Gasteiger partial charge is 0.248 e. The van der Waals surface area contributed by atoms with Gasteiger partial charge in [0.1, 0.15) is 5.75 Å². The van der Waals surface area contributed by atoms with Crippen molar-refractivity contribution >= 4 is 11.6 Å². The van der Waals surface area contributed by atoms with E-state index in [9.17, 15) is 4.79 Å². The molecule has 0 saturated carbocycles. The summed E-state index contributed by atoms with van der Waals surface area (Å²) in [5.74, 6) is 0.526. The van der Waals surface area contributed by atoms with E-state index < -0.39 is 5.91 Å². The molecule has 0 aliphatic carbocycles. The van der Waals surface area contributed by atoms with Crippen LogP contribution < -0.4 is 15.8 Å². The Bertz CT molecular complexity index is 623. The number of carbonyl (C=O) groups is 1. The predicted octanol–water partition coefficient (Wildman–Crippen LogP) is 2.72. The van der Waals surface area contributed by atoms with Crippen LogP contribution in [0.4, 0.5) is 5.69 Å². The summed E-state index contributed by atoms with van der Waals surface area (Å²) < 4.78 is 5.64. The van der Waals surface area contributed by atoms with Crippen LogP contribution in [0.1, 0.15) is 28.4 Å². The van der Waals surface area contributed by atoms with E-state index in [0.29, 0.717) is 12.2 Å². The van der Waals surface area contributed by atoms with Crippen LogP contribution in [0.25, 0.3) is 0 Å². The molecule has 0 spiro atoms. The zero-order valence-corrected chi connectivity index (χ0v) is 11.0. The van der Waals surface area contributed by atoms with Crippen LogP contribution in [0.2, 0.25) is 0 Å². The molecule has 2 aromatic carbocycles. The molecule has 0 bridgehead atoms. The molecule has 0 saturated heterocycles. The van der Waals surface area contributed by atoms with Crippen molar-refractivity contribution in [1.29, 1.82) is 0 Å². The lowest BCUT2D eigenvalue weighted by atomic mass is 10.00. The number of para-hydroxylation sites is 1. The molecule has 102 valence electrons. The minimum absolute atomic E-state index is 0.222. The second-order valence-corrected chi connectivity index (χ2v) is 4.81. The maximum atomic E-state index is 11.1. The maximum Gasteiger partial charge on any atom is 0.248 e. The number of anilines is 1. The Morgan fingerprint density at radius 2 is 1.90 bits per heavy atom. The lowest BCUT2D eigenvalue weighted by Gasteiger charge is -2.27. The highest BCUT2D eigenvalue weighted by molar-refractivity contribution is 5.93. The Morgan fingerprint density at radius 1 is 1.15 bits per heavy atom. The molecule has 4 nitrogen and oxygen atoms in total. The number of nitrogens with one attached hydrogen (secondary N) is 1. The molecule has 3 N–H and O–H groups in total. The average Bonchev–Trinajstić information content (AvgIpc) is 2.48. The lowest BCUT2D eigenvalue weighted by Crippen LogP contribution is -2.20. The van der Waals surface area contributed by atoms with Gasteiger partial charge >= 0.3 is 0 Å². The summed E-state index contributed by atoms with van der Waals surface area (Å²) >= 11 is 0. The number of ether oxygens (including phenoxy) is 1. The van der Waals surface area contributed by atoms with Crippen molar-refractivity contribution in [3.05, 3.63) is 59.7 Å². The number of amides is 1. The molecule has 0 aromatic heterocycles. The summed E-state index contributed by atoms with van der Waals surface area (Å²) in [6.07, 6.45) is 0.911. The zero-order chi connectivity index (χ0) is 13.9. The largest absolute Gasteiger partial charge is 0.493 e. The summed E-state index contributed by atoms with van der Waals surface area (Å²) in [5, 5.41) is 3.47. The molecule has 1 amide bonds. The first kappa shape index (κ1) is 12.5. The van der Waals surface area contributed by atoms with Crippen LogP contribution in [0.5, 0.6) is 5.75 Å². The first-order valence-electron chi connectivity index (χ1n) is 6.62. The minimum atomic E-state index is -0.409. The van der Waals surface area contributed by atoms with Crippen LogP contribution in [-0.2, 0) is 0 Å². The second-order valence-electron chi connectivity index (χ2n) is 4.81. The van der Waals surface area contributed by atoms with Crippen LogP contribution in [0, 0.1) is 0 Å². The fourth-order valence-corrected chi connectivity index (χ4v) is 2.42. The fourth-order valence-electron chi connectivity index (χ4n) is 2.42. The number of carbonyl (C=O) groups excluding carboxylic acids is 1. The van der Waals surface area contributed by atoms with E-state index in [-0.39, 0.29) is 6.04 Å². The van der Waals surface area contributed by atoms with Gasteiger partial charge in [-0.25, -0.2) is 0 Å². The number of nitrogens with two attached hydrogens (primary N) is 1. The molecule has 3 rings (SSSR count). The first-order valence-corrected chi connectivity index (χ1v) is 6.62. The van der Waals surface area contributed by atoms with Crippen molar-refractivity contribution < 1.29 is 9.53 Å². The number of benzene rings is 2. The molecule has 4 heteroatoms. The van der Waals surface area contributed by atoms with Crippen molar-refractivity contribution in [2.75, 3.05) is 11.9 Å². The zero-order valence-electron chi connectivity index (χ0n) is 11.0. The van der Waals surface area contributed by atoms with Gasteiger partial charge in [0, 0.05) is 23.2 Å². The van der Waals surface area contributed by atoms with Gasteiger partial charge in [-0.2, -0.15) is 0 Å². The topological polar surface area (TPSA) is 64.4 Å². The maximum absolute atomic E-state index is 11.1. The predicted molar refractivity (Wildman–Crippen MR) is 77.9 cm³/mol. The Labute approximate surface area is 117 Å². The molecule has 1 atom stereocenters. The lowest BCUT2D eigenvalue weighted by molar-refractivity contribution is 0.100. The number of hydrogen-bond donors (Lipinski definition) is 2. The molecular formula is C16H16N2O2. The molecular weight excluding hydrogens is 252 g/mol. The summed E-state index contributed by atoms with van der Waals surface area (Å²) in [6.45, 7) is 0.702. The SMILES string of the molecule is NC(=O)c1ccc(NC2CCOc3ccccc32)cc1. The fraction of sp³-hybridized carbons (Fsp3) is 0.188. The Morgan fingerprint density at radius 3 is 2.65 bits per heavy atom. The molecule has 0 fully saturated rings. The molecule has 1 heterocycles. The van der Waals surface area contributed by atoms with Crippen molar-refractivity contribution in [1.82, 2.24) is 0 Å². The number of primary amides is 1. The van der Waals surface area contributed by atoms with Crippen LogP contribution in [0.3, 0.4) is 0 Å². The molecule has 2 aromatic rings. The van der Waals surface area contributed by atoms with Gasteiger partial charge in [-0.05, 0) is 30.3 Å². The van der Waals surface area contributed by atoms with E-state index in [1.165, 1.54) is 0 Å². The Balaban J connectivity index is 1.80. The third kappa shape index (κ3) is 2.45. The monoisotopic (exact) mass is 268 g/mol. The van der Waals surface area contributed by atoms with Gasteiger partial charge in [0.05, 0.1) is 12.6 Å². The highest BCUT2D eigenvalue weighted by atomic mass is 16.5. The highest BCUT2D eigenvalue weighted by Gasteiger charge is 2.20. The quantitative estimate of drug-likeness (QED) is 0.899. The normalized spacial score (nSPS) is 16.9. The molecule has 1 aliphatic heterocycles. The average molecular weight is 268 g/mol. The molecule has 20 heavy (non-hydrogen) atoms. The van der Waals surface area contributed by atoms with E-state index >= 15 is 0 Å². The van der Waals surface area contributed by atoms with E-state index in [0.717, 1.165) is 23.4 Å². The highest BCUT2D eigenvalue weighted by Crippen LogP contribution is 2.33. The van der Waals surface area contributed by atoms with E-state index in [2.05, 4.69) is 11.4 Å². The van der Waals surface area contributed by atoms with E-state index in [1.54, 1.807) is 12.1 Å². The van der Waals surface area contributed by atoms with Gasteiger partial charge in [-0.3, -0.25) is 4.79 Å². The van der Waals surface area contributed by atoms with Gasteiger partial charge in [-0.15, -0.1) is 0 Å². The van der Waals surface area contributed by atoms with Crippen molar-refractivity contribution in [2.24, 2.45) is 5.73 Å². The van der Waals surface area contributed by atoms with Gasteiger partial charge in [0.25, 0.3) is 0 Å². The van der Waals surface area contributed by atoms with Crippen LogP contribution in [0.15, 0.2) is 48.5 Å². The Hall–Kier alpha value is -2.49. The van der Waals surface area contributed by atoms with E-state index in [4.69, 9.17) is 10.5 Å². The molecule has 0 radical (unpaired) electrons. The van der Waals surface area contributed by atoms with Crippen LogP contribution >= 0.6 is 0 Å². The van der Waals surface area contributed by atoms with Crippen LogP contribution in [-0.4, -0.2) is 12.5 Å². The van der Waals surface area contributed by atoms with Crippen molar-refractivity contribution in [2.45, 2.75) is 12.5 Å². The number of fused-ring (bicyclic) bond motifs is 1. The van der Waals surface area contributed by atoms with Crippen molar-refractivity contribution in [3.8, 4) is 5.75 Å².